The summed E-state index contributed by atoms with van der Waals surface area (Å²) in [5.74, 6) is -0.818. The highest BCUT2D eigenvalue weighted by Gasteiger charge is 2.25. The molecule has 0 bridgehead atoms. The van der Waals surface area contributed by atoms with Gasteiger partial charge >= 0.3 is 5.97 Å². The van der Waals surface area contributed by atoms with Crippen LogP contribution in [0.2, 0.25) is 0 Å². The SMILES string of the molecule is C=CCNC(=O)CN1CCN(C(C)C(=O)O)CC1. The van der Waals surface area contributed by atoms with Crippen molar-refractivity contribution >= 4 is 11.9 Å². The number of carbonyl (C=O) groups excluding carboxylic acids is 1. The van der Waals surface area contributed by atoms with Gasteiger partial charge in [-0.15, -0.1) is 6.58 Å². The predicted octanol–water partition coefficient (Wildman–Crippen LogP) is -0.621. The van der Waals surface area contributed by atoms with Crippen molar-refractivity contribution in [1.82, 2.24) is 15.1 Å². The van der Waals surface area contributed by atoms with E-state index in [1.165, 1.54) is 0 Å². The zero-order valence-electron chi connectivity index (χ0n) is 10.8. The van der Waals surface area contributed by atoms with Crippen LogP contribution in [-0.2, 0) is 9.59 Å². The van der Waals surface area contributed by atoms with Crippen molar-refractivity contribution in [2.24, 2.45) is 0 Å². The number of aliphatic carboxylic acids is 1. The second-order valence-corrected chi connectivity index (χ2v) is 4.42. The third kappa shape index (κ3) is 4.46. The van der Waals surface area contributed by atoms with E-state index in [0.717, 1.165) is 13.1 Å². The highest BCUT2D eigenvalue weighted by atomic mass is 16.4. The van der Waals surface area contributed by atoms with E-state index in [1.807, 2.05) is 9.80 Å². The molecule has 0 aliphatic carbocycles. The normalized spacial score (nSPS) is 19.2. The number of carbonyl (C=O) groups is 2. The fourth-order valence-corrected chi connectivity index (χ4v) is 1.91. The lowest BCUT2D eigenvalue weighted by Gasteiger charge is -2.36. The maximum atomic E-state index is 11.5. The Morgan fingerprint density at radius 3 is 2.50 bits per heavy atom. The highest BCUT2D eigenvalue weighted by Crippen LogP contribution is 2.06. The van der Waals surface area contributed by atoms with Crippen LogP contribution in [0.4, 0.5) is 0 Å². The molecule has 1 rings (SSSR count). The second-order valence-electron chi connectivity index (χ2n) is 4.42. The van der Waals surface area contributed by atoms with Crippen LogP contribution in [0.3, 0.4) is 0 Å². The Morgan fingerprint density at radius 1 is 1.39 bits per heavy atom. The van der Waals surface area contributed by atoms with E-state index in [-0.39, 0.29) is 5.91 Å². The number of nitrogens with one attached hydrogen (secondary N) is 1. The number of hydrogen-bond donors (Lipinski definition) is 2. The van der Waals surface area contributed by atoms with Gasteiger partial charge in [0, 0.05) is 32.7 Å². The predicted molar refractivity (Wildman–Crippen MR) is 68.3 cm³/mol. The average Bonchev–Trinajstić information content (AvgIpc) is 2.36. The van der Waals surface area contributed by atoms with Gasteiger partial charge in [0.1, 0.15) is 6.04 Å². The van der Waals surface area contributed by atoms with Crippen molar-refractivity contribution in [3.8, 4) is 0 Å². The van der Waals surface area contributed by atoms with Crippen LogP contribution < -0.4 is 5.32 Å². The number of hydrogen-bond acceptors (Lipinski definition) is 4. The van der Waals surface area contributed by atoms with Gasteiger partial charge in [-0.25, -0.2) is 0 Å². The van der Waals surface area contributed by atoms with Crippen LogP contribution in [-0.4, -0.2) is 72.1 Å². The fourth-order valence-electron chi connectivity index (χ4n) is 1.91. The summed E-state index contributed by atoms with van der Waals surface area (Å²) in [5.41, 5.74) is 0. The summed E-state index contributed by atoms with van der Waals surface area (Å²) in [6.07, 6.45) is 1.64. The second kappa shape index (κ2) is 7.13. The Bertz CT molecular complexity index is 312. The largest absolute Gasteiger partial charge is 0.480 e. The van der Waals surface area contributed by atoms with Gasteiger partial charge in [0.25, 0.3) is 0 Å². The molecule has 1 aliphatic heterocycles. The first-order valence-corrected chi connectivity index (χ1v) is 6.11. The van der Waals surface area contributed by atoms with Gasteiger partial charge in [-0.3, -0.25) is 19.4 Å². The molecular weight excluding hydrogens is 234 g/mol. The topological polar surface area (TPSA) is 72.9 Å². The standard InChI is InChI=1S/C12H21N3O3/c1-3-4-13-11(16)9-14-5-7-15(8-6-14)10(2)12(17)18/h3,10H,1,4-9H2,2H3,(H,13,16)(H,17,18). The minimum atomic E-state index is -0.799. The molecular formula is C12H21N3O3. The van der Waals surface area contributed by atoms with Crippen LogP contribution in [0.25, 0.3) is 0 Å². The summed E-state index contributed by atoms with van der Waals surface area (Å²) in [4.78, 5) is 26.3. The Hall–Kier alpha value is -1.40. The third-order valence-corrected chi connectivity index (χ3v) is 3.12. The smallest absolute Gasteiger partial charge is 0.320 e. The molecule has 1 saturated heterocycles. The molecule has 0 aromatic carbocycles. The molecule has 6 heteroatoms. The molecule has 1 unspecified atom stereocenters. The van der Waals surface area contributed by atoms with Crippen molar-refractivity contribution in [3.05, 3.63) is 12.7 Å². The molecule has 102 valence electrons. The molecule has 2 N–H and O–H groups in total. The molecule has 1 fully saturated rings. The van der Waals surface area contributed by atoms with Crippen LogP contribution in [0, 0.1) is 0 Å². The van der Waals surface area contributed by atoms with Crippen LogP contribution >= 0.6 is 0 Å². The maximum Gasteiger partial charge on any atom is 0.320 e. The summed E-state index contributed by atoms with van der Waals surface area (Å²) in [7, 11) is 0. The van der Waals surface area contributed by atoms with Gasteiger partial charge in [-0.1, -0.05) is 6.08 Å². The van der Waals surface area contributed by atoms with Gasteiger partial charge in [0.15, 0.2) is 0 Å². The minimum absolute atomic E-state index is 0.0189. The average molecular weight is 255 g/mol. The molecule has 0 radical (unpaired) electrons. The molecule has 1 amide bonds. The lowest BCUT2D eigenvalue weighted by Crippen LogP contribution is -2.53. The molecule has 0 aromatic heterocycles. The molecule has 18 heavy (non-hydrogen) atoms. The summed E-state index contributed by atoms with van der Waals surface area (Å²) >= 11 is 0. The zero-order chi connectivity index (χ0) is 13.5. The maximum absolute atomic E-state index is 11.5. The third-order valence-electron chi connectivity index (χ3n) is 3.12. The highest BCUT2D eigenvalue weighted by molar-refractivity contribution is 5.78. The number of amides is 1. The molecule has 1 aliphatic rings. The Balaban J connectivity index is 2.29. The first-order chi connectivity index (χ1) is 8.54. The number of rotatable bonds is 6. The van der Waals surface area contributed by atoms with Gasteiger partial charge in [-0.2, -0.15) is 0 Å². The molecule has 0 saturated carbocycles. The van der Waals surface area contributed by atoms with Crippen molar-refractivity contribution in [2.45, 2.75) is 13.0 Å². The first-order valence-electron chi connectivity index (χ1n) is 6.11. The van der Waals surface area contributed by atoms with E-state index in [4.69, 9.17) is 5.11 Å². The van der Waals surface area contributed by atoms with Crippen molar-refractivity contribution in [3.63, 3.8) is 0 Å². The monoisotopic (exact) mass is 255 g/mol. The number of carboxylic acids is 1. The van der Waals surface area contributed by atoms with Crippen LogP contribution in [0.15, 0.2) is 12.7 Å². The quantitative estimate of drug-likeness (QED) is 0.619. The molecule has 1 heterocycles. The van der Waals surface area contributed by atoms with Gasteiger partial charge in [0.2, 0.25) is 5.91 Å². The van der Waals surface area contributed by atoms with Crippen molar-refractivity contribution < 1.29 is 14.7 Å². The van der Waals surface area contributed by atoms with Crippen molar-refractivity contribution in [1.29, 1.82) is 0 Å². The van der Waals surface area contributed by atoms with E-state index in [9.17, 15) is 9.59 Å². The molecule has 1 atom stereocenters. The Kier molecular flexibility index (Phi) is 5.80. The van der Waals surface area contributed by atoms with E-state index in [0.29, 0.717) is 26.2 Å². The van der Waals surface area contributed by atoms with Crippen LogP contribution in [0.1, 0.15) is 6.92 Å². The number of carboxylic acid groups (broad SMARTS) is 1. The summed E-state index contributed by atoms with van der Waals surface area (Å²) in [6, 6.07) is -0.457. The van der Waals surface area contributed by atoms with E-state index in [2.05, 4.69) is 11.9 Å². The minimum Gasteiger partial charge on any atom is -0.480 e. The van der Waals surface area contributed by atoms with Crippen LogP contribution in [0.5, 0.6) is 0 Å². The number of nitrogens with zero attached hydrogens (tertiary/aromatic N) is 2. The first kappa shape index (κ1) is 14.7. The lowest BCUT2D eigenvalue weighted by molar-refractivity contribution is -0.143. The van der Waals surface area contributed by atoms with E-state index < -0.39 is 12.0 Å². The van der Waals surface area contributed by atoms with Gasteiger partial charge in [-0.05, 0) is 6.92 Å². The fraction of sp³-hybridized carbons (Fsp3) is 0.667. The summed E-state index contributed by atoms with van der Waals surface area (Å²) in [6.45, 7) is 8.88. The molecule has 6 nitrogen and oxygen atoms in total. The van der Waals surface area contributed by atoms with Gasteiger partial charge in [0.05, 0.1) is 6.54 Å². The summed E-state index contributed by atoms with van der Waals surface area (Å²) in [5, 5.41) is 11.6. The Labute approximate surface area is 107 Å². The van der Waals surface area contributed by atoms with Gasteiger partial charge < -0.3 is 10.4 Å². The van der Waals surface area contributed by atoms with E-state index >= 15 is 0 Å². The lowest BCUT2D eigenvalue weighted by atomic mass is 10.2. The number of piperazine rings is 1. The molecule has 0 aromatic rings. The van der Waals surface area contributed by atoms with Crippen molar-refractivity contribution in [2.75, 3.05) is 39.3 Å². The zero-order valence-corrected chi connectivity index (χ0v) is 10.8. The molecule has 0 spiro atoms. The van der Waals surface area contributed by atoms with E-state index in [1.54, 1.807) is 13.0 Å². The summed E-state index contributed by atoms with van der Waals surface area (Å²) < 4.78 is 0. The Morgan fingerprint density at radius 2 is 2.00 bits per heavy atom.